The molecule has 0 amide bonds. The first kappa shape index (κ1) is 19.7. The van der Waals surface area contributed by atoms with E-state index in [9.17, 15) is 0 Å². The molecule has 1 aliphatic rings. The standard InChI is InChI=1S/C25H28N6/c1-17-18(2)23(30-29-21(17)15-19-7-5-4-6-8-19)31-13-10-25(3,11-14-31)24-27-20-9-12-26-16-22(20)28-24/h4-9,12,16H,10-11,13-15H2,1-3H3,(H,27,28). The summed E-state index contributed by atoms with van der Waals surface area (Å²) in [5.74, 6) is 2.08. The Hall–Kier alpha value is -3.28. The summed E-state index contributed by atoms with van der Waals surface area (Å²) in [6.07, 6.45) is 6.49. The number of aromatic amines is 1. The van der Waals surface area contributed by atoms with Crippen LogP contribution in [0.1, 0.15) is 48.0 Å². The Morgan fingerprint density at radius 2 is 1.77 bits per heavy atom. The Labute approximate surface area is 182 Å². The van der Waals surface area contributed by atoms with Crippen molar-refractivity contribution in [3.8, 4) is 0 Å². The van der Waals surface area contributed by atoms with E-state index in [4.69, 9.17) is 4.98 Å². The molecule has 4 heterocycles. The molecule has 0 aliphatic carbocycles. The van der Waals surface area contributed by atoms with Gasteiger partial charge in [0, 0.05) is 31.1 Å². The zero-order valence-electron chi connectivity index (χ0n) is 18.4. The molecule has 0 saturated carbocycles. The third kappa shape index (κ3) is 3.67. The van der Waals surface area contributed by atoms with Crippen LogP contribution in [0.2, 0.25) is 0 Å². The number of fused-ring (bicyclic) bond motifs is 1. The minimum absolute atomic E-state index is 0.0269. The molecule has 0 radical (unpaired) electrons. The Bertz CT molecular complexity index is 1170. The Kier molecular flexibility index (Phi) is 4.93. The summed E-state index contributed by atoms with van der Waals surface area (Å²) in [7, 11) is 0. The van der Waals surface area contributed by atoms with Crippen LogP contribution in [0.5, 0.6) is 0 Å². The summed E-state index contributed by atoms with van der Waals surface area (Å²) in [5.41, 5.74) is 6.82. The highest BCUT2D eigenvalue weighted by molar-refractivity contribution is 5.73. The number of piperidine rings is 1. The van der Waals surface area contributed by atoms with Gasteiger partial charge in [0.1, 0.15) is 11.3 Å². The third-order valence-electron chi connectivity index (χ3n) is 6.83. The number of aromatic nitrogens is 5. The molecule has 6 nitrogen and oxygen atoms in total. The molecule has 0 atom stereocenters. The summed E-state index contributed by atoms with van der Waals surface area (Å²) < 4.78 is 0. The maximum Gasteiger partial charge on any atom is 0.154 e. The smallest absolute Gasteiger partial charge is 0.154 e. The Morgan fingerprint density at radius 1 is 1.00 bits per heavy atom. The van der Waals surface area contributed by atoms with Crippen molar-refractivity contribution < 1.29 is 0 Å². The maximum atomic E-state index is 4.82. The van der Waals surface area contributed by atoms with E-state index in [1.54, 1.807) is 6.20 Å². The molecule has 0 bridgehead atoms. The summed E-state index contributed by atoms with van der Waals surface area (Å²) in [6, 6.07) is 12.5. The van der Waals surface area contributed by atoms with Gasteiger partial charge in [0.05, 0.1) is 17.4 Å². The number of rotatable bonds is 4. The molecule has 158 valence electrons. The monoisotopic (exact) mass is 412 g/mol. The average molecular weight is 413 g/mol. The molecule has 6 heteroatoms. The molecular formula is C25H28N6. The van der Waals surface area contributed by atoms with Gasteiger partial charge in [0.2, 0.25) is 0 Å². The summed E-state index contributed by atoms with van der Waals surface area (Å²) >= 11 is 0. The molecular weight excluding hydrogens is 384 g/mol. The summed E-state index contributed by atoms with van der Waals surface area (Å²) in [6.45, 7) is 8.54. The molecule has 1 fully saturated rings. The van der Waals surface area contributed by atoms with Crippen LogP contribution < -0.4 is 4.90 Å². The highest BCUT2D eigenvalue weighted by Crippen LogP contribution is 2.36. The lowest BCUT2D eigenvalue weighted by atomic mass is 9.79. The molecule has 1 aliphatic heterocycles. The van der Waals surface area contributed by atoms with Gasteiger partial charge in [-0.2, -0.15) is 5.10 Å². The van der Waals surface area contributed by atoms with E-state index in [1.807, 2.05) is 18.3 Å². The van der Waals surface area contributed by atoms with Gasteiger partial charge in [-0.1, -0.05) is 37.3 Å². The first-order valence-corrected chi connectivity index (χ1v) is 11.0. The number of hydrogen-bond acceptors (Lipinski definition) is 5. The van der Waals surface area contributed by atoms with E-state index >= 15 is 0 Å². The van der Waals surface area contributed by atoms with Gasteiger partial charge < -0.3 is 9.88 Å². The Balaban J connectivity index is 1.33. The number of nitrogens with zero attached hydrogens (tertiary/aromatic N) is 5. The lowest BCUT2D eigenvalue weighted by Gasteiger charge is -2.39. The molecule has 0 spiro atoms. The zero-order chi connectivity index (χ0) is 21.4. The number of H-pyrrole nitrogens is 1. The van der Waals surface area contributed by atoms with Crippen LogP contribution in [0.4, 0.5) is 5.82 Å². The molecule has 1 aromatic carbocycles. The van der Waals surface area contributed by atoms with E-state index < -0.39 is 0 Å². The minimum Gasteiger partial charge on any atom is -0.355 e. The zero-order valence-corrected chi connectivity index (χ0v) is 18.4. The first-order chi connectivity index (χ1) is 15.0. The number of imidazole rings is 1. The van der Waals surface area contributed by atoms with Crippen molar-refractivity contribution in [2.24, 2.45) is 0 Å². The number of nitrogens with one attached hydrogen (secondary N) is 1. The van der Waals surface area contributed by atoms with Gasteiger partial charge >= 0.3 is 0 Å². The molecule has 1 N–H and O–H groups in total. The van der Waals surface area contributed by atoms with Gasteiger partial charge in [-0.15, -0.1) is 5.10 Å². The quantitative estimate of drug-likeness (QED) is 0.534. The van der Waals surface area contributed by atoms with E-state index in [1.165, 1.54) is 16.7 Å². The van der Waals surface area contributed by atoms with Crippen molar-refractivity contribution in [3.05, 3.63) is 77.0 Å². The third-order valence-corrected chi connectivity index (χ3v) is 6.83. The van der Waals surface area contributed by atoms with Crippen LogP contribution in [0.15, 0.2) is 48.8 Å². The van der Waals surface area contributed by atoms with Crippen molar-refractivity contribution in [2.45, 2.75) is 45.4 Å². The second-order valence-corrected chi connectivity index (χ2v) is 8.91. The van der Waals surface area contributed by atoms with Crippen molar-refractivity contribution in [2.75, 3.05) is 18.0 Å². The maximum absolute atomic E-state index is 4.82. The number of benzene rings is 1. The predicted octanol–water partition coefficient (Wildman–Crippen LogP) is 4.51. The van der Waals surface area contributed by atoms with E-state index in [0.717, 1.165) is 60.7 Å². The predicted molar refractivity (Wildman–Crippen MR) is 123 cm³/mol. The molecule has 5 rings (SSSR count). The SMILES string of the molecule is Cc1c(Cc2ccccc2)nnc(N2CCC(C)(c3nc4cnccc4[nH]3)CC2)c1C. The van der Waals surface area contributed by atoms with Gasteiger partial charge in [-0.3, -0.25) is 4.98 Å². The van der Waals surface area contributed by atoms with Crippen molar-refractivity contribution >= 4 is 16.9 Å². The fraction of sp³-hybridized carbons (Fsp3) is 0.360. The molecule has 1 saturated heterocycles. The van der Waals surface area contributed by atoms with Crippen molar-refractivity contribution in [1.82, 2.24) is 25.1 Å². The molecule has 4 aromatic rings. The fourth-order valence-electron chi connectivity index (χ4n) is 4.49. The molecule has 0 unspecified atom stereocenters. The fourth-order valence-corrected chi connectivity index (χ4v) is 4.49. The largest absolute Gasteiger partial charge is 0.355 e. The lowest BCUT2D eigenvalue weighted by molar-refractivity contribution is 0.345. The van der Waals surface area contributed by atoms with E-state index in [2.05, 4.69) is 70.1 Å². The van der Waals surface area contributed by atoms with E-state index in [0.29, 0.717) is 0 Å². The normalized spacial score (nSPS) is 16.0. The van der Waals surface area contributed by atoms with Gasteiger partial charge in [0.15, 0.2) is 5.82 Å². The number of anilines is 1. The lowest BCUT2D eigenvalue weighted by Crippen LogP contribution is -2.42. The van der Waals surface area contributed by atoms with Crippen LogP contribution in [-0.4, -0.2) is 38.2 Å². The topological polar surface area (TPSA) is 70.6 Å². The summed E-state index contributed by atoms with van der Waals surface area (Å²) in [4.78, 5) is 14.9. The van der Waals surface area contributed by atoms with Crippen molar-refractivity contribution in [1.29, 1.82) is 0 Å². The highest BCUT2D eigenvalue weighted by atomic mass is 15.3. The number of hydrogen-bond donors (Lipinski definition) is 1. The van der Waals surface area contributed by atoms with Crippen LogP contribution in [0, 0.1) is 13.8 Å². The highest BCUT2D eigenvalue weighted by Gasteiger charge is 2.35. The van der Waals surface area contributed by atoms with Gasteiger partial charge in [-0.05, 0) is 49.4 Å². The molecule has 3 aromatic heterocycles. The minimum atomic E-state index is 0.0269. The second-order valence-electron chi connectivity index (χ2n) is 8.91. The number of pyridine rings is 1. The van der Waals surface area contributed by atoms with Crippen LogP contribution >= 0.6 is 0 Å². The first-order valence-electron chi connectivity index (χ1n) is 11.0. The van der Waals surface area contributed by atoms with Gasteiger partial charge in [-0.25, -0.2) is 4.98 Å². The van der Waals surface area contributed by atoms with Gasteiger partial charge in [0.25, 0.3) is 0 Å². The Morgan fingerprint density at radius 3 is 2.52 bits per heavy atom. The summed E-state index contributed by atoms with van der Waals surface area (Å²) in [5, 5.41) is 9.27. The molecule has 31 heavy (non-hydrogen) atoms. The van der Waals surface area contributed by atoms with Crippen LogP contribution in [0.3, 0.4) is 0 Å². The van der Waals surface area contributed by atoms with E-state index in [-0.39, 0.29) is 5.41 Å². The average Bonchev–Trinajstić information content (AvgIpc) is 3.24. The van der Waals surface area contributed by atoms with Crippen molar-refractivity contribution in [3.63, 3.8) is 0 Å². The second kappa shape index (κ2) is 7.76. The van der Waals surface area contributed by atoms with Crippen LogP contribution in [0.25, 0.3) is 11.0 Å². The van der Waals surface area contributed by atoms with Crippen LogP contribution in [-0.2, 0) is 11.8 Å².